The van der Waals surface area contributed by atoms with Crippen LogP contribution in [0.5, 0.6) is 11.5 Å². The van der Waals surface area contributed by atoms with Crippen LogP contribution in [0.2, 0.25) is 5.02 Å². The Morgan fingerprint density at radius 3 is 2.38 bits per heavy atom. The number of rotatable bonds is 10. The molecular formula is C29H25ClN2O5. The van der Waals surface area contributed by atoms with E-state index < -0.39 is 5.97 Å². The molecule has 0 saturated heterocycles. The van der Waals surface area contributed by atoms with Crippen molar-refractivity contribution >= 4 is 34.9 Å². The maximum absolute atomic E-state index is 13.6. The Bertz CT molecular complexity index is 1380. The molecule has 0 fully saturated rings. The van der Waals surface area contributed by atoms with Crippen molar-refractivity contribution in [2.45, 2.75) is 12.8 Å². The minimum atomic E-state index is -1.09. The fourth-order valence-electron chi connectivity index (χ4n) is 3.81. The molecule has 1 heterocycles. The van der Waals surface area contributed by atoms with E-state index in [9.17, 15) is 14.7 Å². The smallest absolute Gasteiger partial charge is 0.335 e. The lowest BCUT2D eigenvalue weighted by Crippen LogP contribution is -2.26. The summed E-state index contributed by atoms with van der Waals surface area (Å²) in [5.41, 5.74) is 2.45. The largest absolute Gasteiger partial charge is 0.493 e. The Morgan fingerprint density at radius 2 is 1.68 bits per heavy atom. The van der Waals surface area contributed by atoms with Gasteiger partial charge in [-0.3, -0.25) is 14.7 Å². The predicted octanol–water partition coefficient (Wildman–Crippen LogP) is 6.43. The quantitative estimate of drug-likeness (QED) is 0.244. The lowest BCUT2D eigenvalue weighted by atomic mass is 10.1. The molecule has 0 spiro atoms. The number of aryl methyl sites for hydroxylation is 1. The van der Waals surface area contributed by atoms with Crippen LogP contribution in [0.25, 0.3) is 0 Å². The minimum absolute atomic E-state index is 0.0636. The first kappa shape index (κ1) is 25.7. The molecule has 7 nitrogen and oxygen atoms in total. The van der Waals surface area contributed by atoms with Gasteiger partial charge >= 0.3 is 5.97 Å². The number of aromatic nitrogens is 1. The maximum atomic E-state index is 13.6. The van der Waals surface area contributed by atoms with Gasteiger partial charge in [0, 0.05) is 23.5 Å². The molecule has 0 bridgehead atoms. The van der Waals surface area contributed by atoms with E-state index in [2.05, 4.69) is 4.98 Å². The second-order valence-electron chi connectivity index (χ2n) is 8.15. The first-order valence-corrected chi connectivity index (χ1v) is 12.0. The average molecular weight is 517 g/mol. The van der Waals surface area contributed by atoms with Crippen LogP contribution in [0.15, 0.2) is 91.3 Å². The fraction of sp³-hybridized carbons (Fsp3) is 0.138. The van der Waals surface area contributed by atoms with Gasteiger partial charge < -0.3 is 14.6 Å². The van der Waals surface area contributed by atoms with Gasteiger partial charge in [0.05, 0.1) is 36.2 Å². The van der Waals surface area contributed by atoms with Gasteiger partial charge in [-0.15, -0.1) is 0 Å². The molecule has 0 atom stereocenters. The second-order valence-corrected chi connectivity index (χ2v) is 8.59. The standard InChI is InChI=1S/C29H25ClN2O5/c1-36-26-14-13-25(18-27(26)37-16-4-5-20-9-11-23(30)12-10-20)32(28(33)22-7-3-15-31-19-22)24-8-2-6-21(17-24)29(34)35/h2-3,6-15,17-19H,4-5,16H2,1H3,(H,34,35). The number of aromatic carboxylic acids is 1. The van der Waals surface area contributed by atoms with E-state index in [4.69, 9.17) is 21.1 Å². The molecule has 37 heavy (non-hydrogen) atoms. The van der Waals surface area contributed by atoms with Gasteiger partial charge in [0.25, 0.3) is 5.91 Å². The van der Waals surface area contributed by atoms with Gasteiger partial charge in [-0.1, -0.05) is 29.8 Å². The Hall–Kier alpha value is -4.36. The van der Waals surface area contributed by atoms with Gasteiger partial charge in [0.1, 0.15) is 0 Å². The van der Waals surface area contributed by atoms with Crippen LogP contribution in [-0.2, 0) is 6.42 Å². The van der Waals surface area contributed by atoms with E-state index in [1.807, 2.05) is 24.3 Å². The number of carbonyl (C=O) groups is 2. The zero-order valence-corrected chi connectivity index (χ0v) is 20.9. The monoisotopic (exact) mass is 516 g/mol. The van der Waals surface area contributed by atoms with Gasteiger partial charge in [-0.25, -0.2) is 4.79 Å². The van der Waals surface area contributed by atoms with Crippen molar-refractivity contribution in [1.29, 1.82) is 0 Å². The number of halogens is 1. The molecule has 1 amide bonds. The summed E-state index contributed by atoms with van der Waals surface area (Å²) in [6.07, 6.45) is 4.62. The fourth-order valence-corrected chi connectivity index (χ4v) is 3.93. The third kappa shape index (κ3) is 6.45. The van der Waals surface area contributed by atoms with Crippen molar-refractivity contribution in [2.24, 2.45) is 0 Å². The summed E-state index contributed by atoms with van der Waals surface area (Å²) in [7, 11) is 1.55. The van der Waals surface area contributed by atoms with Crippen molar-refractivity contribution in [3.63, 3.8) is 0 Å². The number of amides is 1. The molecule has 0 saturated carbocycles. The Kier molecular flexibility index (Phi) is 8.38. The normalized spacial score (nSPS) is 10.5. The first-order chi connectivity index (χ1) is 18.0. The van der Waals surface area contributed by atoms with E-state index >= 15 is 0 Å². The van der Waals surface area contributed by atoms with Gasteiger partial charge in [0.15, 0.2) is 11.5 Å². The highest BCUT2D eigenvalue weighted by molar-refractivity contribution is 6.30. The maximum Gasteiger partial charge on any atom is 0.335 e. The Balaban J connectivity index is 1.63. The summed E-state index contributed by atoms with van der Waals surface area (Å²) in [5.74, 6) is -0.470. The molecule has 4 rings (SSSR count). The van der Waals surface area contributed by atoms with Crippen molar-refractivity contribution in [3.05, 3.63) is 113 Å². The predicted molar refractivity (Wildman–Crippen MR) is 142 cm³/mol. The zero-order chi connectivity index (χ0) is 26.2. The number of nitrogens with zero attached hydrogens (tertiary/aromatic N) is 2. The molecule has 1 aromatic heterocycles. The number of hydrogen-bond donors (Lipinski definition) is 1. The van der Waals surface area contributed by atoms with E-state index in [0.717, 1.165) is 18.4 Å². The molecule has 0 aliphatic heterocycles. The number of benzene rings is 3. The van der Waals surface area contributed by atoms with Crippen LogP contribution in [0.1, 0.15) is 32.7 Å². The van der Waals surface area contributed by atoms with Gasteiger partial charge in [-0.2, -0.15) is 0 Å². The van der Waals surface area contributed by atoms with Crippen LogP contribution in [0, 0.1) is 0 Å². The summed E-state index contributed by atoms with van der Waals surface area (Å²) in [4.78, 5) is 30.7. The average Bonchev–Trinajstić information content (AvgIpc) is 2.93. The van der Waals surface area contributed by atoms with E-state index in [1.54, 1.807) is 55.8 Å². The highest BCUT2D eigenvalue weighted by Crippen LogP contribution is 2.36. The number of pyridine rings is 1. The van der Waals surface area contributed by atoms with Crippen LogP contribution in [0.4, 0.5) is 11.4 Å². The summed E-state index contributed by atoms with van der Waals surface area (Å²) in [5, 5.41) is 10.2. The molecule has 0 radical (unpaired) electrons. The summed E-state index contributed by atoms with van der Waals surface area (Å²) >= 11 is 5.96. The summed E-state index contributed by atoms with van der Waals surface area (Å²) < 4.78 is 11.5. The number of ether oxygens (including phenoxy) is 2. The van der Waals surface area contributed by atoms with Gasteiger partial charge in [0.2, 0.25) is 0 Å². The number of carbonyl (C=O) groups excluding carboxylic acids is 1. The molecule has 8 heteroatoms. The van der Waals surface area contributed by atoms with E-state index in [-0.39, 0.29) is 11.5 Å². The first-order valence-electron chi connectivity index (χ1n) is 11.6. The third-order valence-corrected chi connectivity index (χ3v) is 5.90. The van der Waals surface area contributed by atoms with Crippen molar-refractivity contribution in [3.8, 4) is 11.5 Å². The Labute approximate surface area is 219 Å². The minimum Gasteiger partial charge on any atom is -0.493 e. The molecule has 188 valence electrons. The Morgan fingerprint density at radius 1 is 0.919 bits per heavy atom. The lowest BCUT2D eigenvalue weighted by Gasteiger charge is -2.24. The molecule has 0 unspecified atom stereocenters. The molecule has 0 aliphatic rings. The number of hydrogen-bond acceptors (Lipinski definition) is 5. The molecule has 0 aliphatic carbocycles. The van der Waals surface area contributed by atoms with E-state index in [0.29, 0.717) is 40.1 Å². The van der Waals surface area contributed by atoms with Crippen LogP contribution < -0.4 is 14.4 Å². The SMILES string of the molecule is COc1ccc(N(C(=O)c2cccnc2)c2cccc(C(=O)O)c2)cc1OCCCc1ccc(Cl)cc1. The van der Waals surface area contributed by atoms with Crippen molar-refractivity contribution in [1.82, 2.24) is 4.98 Å². The van der Waals surface area contributed by atoms with Crippen LogP contribution in [-0.4, -0.2) is 35.7 Å². The van der Waals surface area contributed by atoms with Crippen LogP contribution >= 0.6 is 11.6 Å². The second kappa shape index (κ2) is 12.1. The van der Waals surface area contributed by atoms with E-state index in [1.165, 1.54) is 23.2 Å². The molecular weight excluding hydrogens is 492 g/mol. The molecule has 4 aromatic rings. The van der Waals surface area contributed by atoms with Crippen molar-refractivity contribution in [2.75, 3.05) is 18.6 Å². The topological polar surface area (TPSA) is 89.0 Å². The van der Waals surface area contributed by atoms with Crippen LogP contribution in [0.3, 0.4) is 0 Å². The molecule has 1 N–H and O–H groups in total. The number of anilines is 2. The number of carboxylic acids is 1. The summed E-state index contributed by atoms with van der Waals surface area (Å²) in [6.45, 7) is 0.424. The number of carboxylic acid groups (broad SMARTS) is 1. The number of methoxy groups -OCH3 is 1. The highest BCUT2D eigenvalue weighted by atomic mass is 35.5. The van der Waals surface area contributed by atoms with Crippen molar-refractivity contribution < 1.29 is 24.2 Å². The summed E-state index contributed by atoms with van der Waals surface area (Å²) in [6, 6.07) is 22.4. The zero-order valence-electron chi connectivity index (χ0n) is 20.1. The van der Waals surface area contributed by atoms with Gasteiger partial charge in [-0.05, 0) is 73.0 Å². The lowest BCUT2D eigenvalue weighted by molar-refractivity contribution is 0.0696. The highest BCUT2D eigenvalue weighted by Gasteiger charge is 2.22. The third-order valence-electron chi connectivity index (χ3n) is 5.65. The molecule has 3 aromatic carbocycles.